The Morgan fingerprint density at radius 1 is 1.59 bits per heavy atom. The van der Waals surface area contributed by atoms with Crippen molar-refractivity contribution in [3.8, 4) is 0 Å². The van der Waals surface area contributed by atoms with E-state index in [1.807, 2.05) is 18.7 Å². The van der Waals surface area contributed by atoms with Gasteiger partial charge in [0.2, 0.25) is 0 Å². The first-order chi connectivity index (χ1) is 8.24. The van der Waals surface area contributed by atoms with Crippen LogP contribution in [0.15, 0.2) is 18.7 Å². The molecule has 96 valence electrons. The molecular formula is C12H22N4O. The lowest BCUT2D eigenvalue weighted by atomic mass is 10.2. The molecule has 1 aliphatic rings. The number of nitrogens with one attached hydrogen (secondary N) is 1. The van der Waals surface area contributed by atoms with Gasteiger partial charge in [-0.1, -0.05) is 0 Å². The van der Waals surface area contributed by atoms with Gasteiger partial charge in [-0.3, -0.25) is 0 Å². The fourth-order valence-electron chi connectivity index (χ4n) is 2.10. The normalized spacial score (nSPS) is 23.8. The van der Waals surface area contributed by atoms with Crippen LogP contribution in [0, 0.1) is 0 Å². The third-order valence-corrected chi connectivity index (χ3v) is 3.08. The molecule has 1 fully saturated rings. The Kier molecular flexibility index (Phi) is 4.53. The van der Waals surface area contributed by atoms with Gasteiger partial charge in [0, 0.05) is 44.6 Å². The molecule has 1 aromatic heterocycles. The zero-order valence-electron chi connectivity index (χ0n) is 10.7. The van der Waals surface area contributed by atoms with E-state index in [0.29, 0.717) is 12.1 Å². The molecule has 0 aromatic carbocycles. The van der Waals surface area contributed by atoms with Crippen LogP contribution in [0.4, 0.5) is 0 Å². The molecule has 2 atom stereocenters. The molecule has 0 amide bonds. The lowest BCUT2D eigenvalue weighted by Crippen LogP contribution is -2.46. The third kappa shape index (κ3) is 4.11. The highest BCUT2D eigenvalue weighted by molar-refractivity contribution is 4.78. The van der Waals surface area contributed by atoms with Crippen molar-refractivity contribution in [3.63, 3.8) is 0 Å². The topological polar surface area (TPSA) is 42.3 Å². The number of ether oxygens (including phenoxy) is 1. The lowest BCUT2D eigenvalue weighted by Gasteiger charge is -2.31. The number of likely N-dealkylation sites (N-methyl/N-ethyl adjacent to an activating group) is 1. The van der Waals surface area contributed by atoms with E-state index in [-0.39, 0.29) is 0 Å². The summed E-state index contributed by atoms with van der Waals surface area (Å²) in [4.78, 5) is 6.35. The lowest BCUT2D eigenvalue weighted by molar-refractivity contribution is -0.0192. The quantitative estimate of drug-likeness (QED) is 0.795. The van der Waals surface area contributed by atoms with Gasteiger partial charge in [0.1, 0.15) is 0 Å². The molecule has 1 aliphatic heterocycles. The van der Waals surface area contributed by atoms with E-state index in [1.165, 1.54) is 0 Å². The van der Waals surface area contributed by atoms with Crippen LogP contribution in [0.5, 0.6) is 0 Å². The second-order valence-corrected chi connectivity index (χ2v) is 4.82. The summed E-state index contributed by atoms with van der Waals surface area (Å²) >= 11 is 0. The van der Waals surface area contributed by atoms with E-state index in [2.05, 4.69) is 33.7 Å². The van der Waals surface area contributed by atoms with Crippen LogP contribution < -0.4 is 5.32 Å². The molecule has 2 heterocycles. The maximum absolute atomic E-state index is 5.71. The number of hydrogen-bond acceptors (Lipinski definition) is 4. The number of rotatable bonds is 5. The average molecular weight is 238 g/mol. The van der Waals surface area contributed by atoms with Gasteiger partial charge in [-0.05, 0) is 14.0 Å². The van der Waals surface area contributed by atoms with Crippen LogP contribution in [0.25, 0.3) is 0 Å². The summed E-state index contributed by atoms with van der Waals surface area (Å²) in [5.41, 5.74) is 0. The first-order valence-electron chi connectivity index (χ1n) is 6.23. The van der Waals surface area contributed by atoms with Gasteiger partial charge in [0.25, 0.3) is 0 Å². The Balaban J connectivity index is 1.67. The molecule has 0 aliphatic carbocycles. The Morgan fingerprint density at radius 2 is 2.47 bits per heavy atom. The first-order valence-corrected chi connectivity index (χ1v) is 6.23. The number of nitrogens with zero attached hydrogens (tertiary/aromatic N) is 3. The van der Waals surface area contributed by atoms with Crippen LogP contribution in [-0.2, 0) is 11.3 Å². The van der Waals surface area contributed by atoms with Crippen molar-refractivity contribution in [3.05, 3.63) is 18.7 Å². The maximum atomic E-state index is 5.71. The minimum absolute atomic E-state index is 0.319. The monoisotopic (exact) mass is 238 g/mol. The molecule has 2 rings (SSSR count). The van der Waals surface area contributed by atoms with Crippen molar-refractivity contribution >= 4 is 0 Å². The number of morpholine rings is 1. The Bertz CT molecular complexity index is 314. The van der Waals surface area contributed by atoms with Crippen LogP contribution in [0.1, 0.15) is 6.92 Å². The summed E-state index contributed by atoms with van der Waals surface area (Å²) < 4.78 is 7.80. The third-order valence-electron chi connectivity index (χ3n) is 3.08. The molecule has 5 nitrogen and oxygen atoms in total. The predicted molar refractivity (Wildman–Crippen MR) is 66.9 cm³/mol. The summed E-state index contributed by atoms with van der Waals surface area (Å²) in [5.74, 6) is 0. The minimum Gasteiger partial charge on any atom is -0.374 e. The van der Waals surface area contributed by atoms with E-state index in [4.69, 9.17) is 4.74 Å². The van der Waals surface area contributed by atoms with E-state index < -0.39 is 0 Å². The van der Waals surface area contributed by atoms with Gasteiger partial charge in [-0.25, -0.2) is 4.98 Å². The Labute approximate surface area is 103 Å². The van der Waals surface area contributed by atoms with Crippen molar-refractivity contribution in [2.75, 3.05) is 33.3 Å². The fraction of sp³-hybridized carbons (Fsp3) is 0.750. The van der Waals surface area contributed by atoms with Crippen molar-refractivity contribution in [2.24, 2.45) is 0 Å². The van der Waals surface area contributed by atoms with Crippen molar-refractivity contribution in [2.45, 2.75) is 25.6 Å². The molecule has 0 bridgehead atoms. The summed E-state index contributed by atoms with van der Waals surface area (Å²) in [6.07, 6.45) is 5.97. The Hall–Kier alpha value is -0.910. The van der Waals surface area contributed by atoms with Gasteiger partial charge in [-0.15, -0.1) is 0 Å². The zero-order valence-corrected chi connectivity index (χ0v) is 10.7. The van der Waals surface area contributed by atoms with Crippen LogP contribution in [0.2, 0.25) is 0 Å². The van der Waals surface area contributed by atoms with Gasteiger partial charge in [-0.2, -0.15) is 0 Å². The maximum Gasteiger partial charge on any atom is 0.0946 e. The smallest absolute Gasteiger partial charge is 0.0946 e. The van der Waals surface area contributed by atoms with Crippen molar-refractivity contribution in [1.29, 1.82) is 0 Å². The number of hydrogen-bond donors (Lipinski definition) is 1. The van der Waals surface area contributed by atoms with E-state index >= 15 is 0 Å². The van der Waals surface area contributed by atoms with Crippen LogP contribution in [-0.4, -0.2) is 59.9 Å². The van der Waals surface area contributed by atoms with Gasteiger partial charge in [0.05, 0.1) is 19.0 Å². The Morgan fingerprint density at radius 3 is 3.18 bits per heavy atom. The molecule has 1 N–H and O–H groups in total. The molecule has 2 unspecified atom stereocenters. The van der Waals surface area contributed by atoms with E-state index in [1.54, 1.807) is 0 Å². The minimum atomic E-state index is 0.319. The summed E-state index contributed by atoms with van der Waals surface area (Å²) in [7, 11) is 2.14. The fourth-order valence-corrected chi connectivity index (χ4v) is 2.10. The van der Waals surface area contributed by atoms with Gasteiger partial charge < -0.3 is 19.5 Å². The molecule has 0 spiro atoms. The summed E-state index contributed by atoms with van der Waals surface area (Å²) in [6, 6.07) is 0.431. The highest BCUT2D eigenvalue weighted by Crippen LogP contribution is 2.02. The number of imidazole rings is 1. The van der Waals surface area contributed by atoms with Crippen molar-refractivity contribution in [1.82, 2.24) is 19.8 Å². The first kappa shape index (κ1) is 12.5. The summed E-state index contributed by atoms with van der Waals surface area (Å²) in [5, 5.41) is 3.51. The van der Waals surface area contributed by atoms with E-state index in [9.17, 15) is 0 Å². The zero-order chi connectivity index (χ0) is 12.1. The van der Waals surface area contributed by atoms with E-state index in [0.717, 1.165) is 32.8 Å². The highest BCUT2D eigenvalue weighted by Gasteiger charge is 2.17. The van der Waals surface area contributed by atoms with Gasteiger partial charge in [0.15, 0.2) is 0 Å². The molecule has 0 radical (unpaired) electrons. The highest BCUT2D eigenvalue weighted by atomic mass is 16.5. The number of aromatic nitrogens is 2. The van der Waals surface area contributed by atoms with Crippen molar-refractivity contribution < 1.29 is 4.74 Å². The largest absolute Gasteiger partial charge is 0.374 e. The second-order valence-electron chi connectivity index (χ2n) is 4.82. The molecule has 17 heavy (non-hydrogen) atoms. The standard InChI is InChI=1S/C12H22N4O/c1-11(8-16-4-3-13-10-16)14-7-12-9-15(2)5-6-17-12/h3-4,10-12,14H,5-9H2,1-2H3. The van der Waals surface area contributed by atoms with Crippen LogP contribution in [0.3, 0.4) is 0 Å². The average Bonchev–Trinajstić information content (AvgIpc) is 2.79. The van der Waals surface area contributed by atoms with Gasteiger partial charge >= 0.3 is 0 Å². The second kappa shape index (κ2) is 6.14. The summed E-state index contributed by atoms with van der Waals surface area (Å²) in [6.45, 7) is 6.96. The molecular weight excluding hydrogens is 216 g/mol. The predicted octanol–water partition coefficient (Wildman–Crippen LogP) is 0.192. The van der Waals surface area contributed by atoms with Crippen LogP contribution >= 0.6 is 0 Å². The molecule has 1 aromatic rings. The molecule has 0 saturated carbocycles. The molecule has 5 heteroatoms. The molecule has 1 saturated heterocycles. The SMILES string of the molecule is CC(Cn1ccnc1)NCC1CN(C)CCO1.